The second-order valence-electron chi connectivity index (χ2n) is 3.04. The lowest BCUT2D eigenvalue weighted by molar-refractivity contribution is -0.140. The number of hydrogen-bond donors (Lipinski definition) is 2. The molecule has 1 nitrogen and oxygen atoms in total. The normalized spacial score (nSPS) is 11.9. The average molecular weight is 222 g/mol. The first kappa shape index (κ1) is 11.2. The van der Waals surface area contributed by atoms with Gasteiger partial charge in [-0.15, -0.1) is 12.6 Å². The van der Waals surface area contributed by atoms with Gasteiger partial charge in [0.25, 0.3) is 0 Å². The van der Waals surface area contributed by atoms with Crippen LogP contribution in [0, 0.1) is 13.8 Å². The van der Waals surface area contributed by atoms with Gasteiger partial charge >= 0.3 is 6.18 Å². The molecular formula is C9H9F3OS. The third-order valence-electron chi connectivity index (χ3n) is 2.13. The predicted octanol–water partition coefficient (Wildman–Crippen LogP) is 3.32. The maximum Gasteiger partial charge on any atom is 0.417 e. The molecule has 0 heterocycles. The summed E-state index contributed by atoms with van der Waals surface area (Å²) in [6.07, 6.45) is -4.43. The number of benzene rings is 1. The van der Waals surface area contributed by atoms with Crippen LogP contribution in [-0.4, -0.2) is 5.11 Å². The van der Waals surface area contributed by atoms with E-state index < -0.39 is 11.7 Å². The molecule has 0 fully saturated rings. The highest BCUT2D eigenvalue weighted by Gasteiger charge is 2.35. The van der Waals surface area contributed by atoms with Crippen molar-refractivity contribution in [3.63, 3.8) is 0 Å². The van der Waals surface area contributed by atoms with Gasteiger partial charge in [-0.1, -0.05) is 0 Å². The minimum atomic E-state index is -4.43. The molecule has 14 heavy (non-hydrogen) atoms. The van der Waals surface area contributed by atoms with Crippen molar-refractivity contribution in [3.05, 3.63) is 22.8 Å². The number of phenolic OH excluding ortho intramolecular Hbond substituents is 1. The Morgan fingerprint density at radius 2 is 1.71 bits per heavy atom. The van der Waals surface area contributed by atoms with Crippen molar-refractivity contribution in [2.45, 2.75) is 24.9 Å². The van der Waals surface area contributed by atoms with Gasteiger partial charge in [0.05, 0.1) is 5.56 Å². The van der Waals surface area contributed by atoms with Crippen molar-refractivity contribution in [2.24, 2.45) is 0 Å². The molecule has 1 rings (SSSR count). The van der Waals surface area contributed by atoms with Crippen LogP contribution >= 0.6 is 12.6 Å². The number of rotatable bonds is 0. The van der Waals surface area contributed by atoms with Crippen LogP contribution in [-0.2, 0) is 6.18 Å². The fourth-order valence-electron chi connectivity index (χ4n) is 1.24. The lowest BCUT2D eigenvalue weighted by atomic mass is 10.0. The second-order valence-corrected chi connectivity index (χ2v) is 3.52. The average Bonchev–Trinajstić information content (AvgIpc) is 1.97. The first-order valence-electron chi connectivity index (χ1n) is 3.84. The van der Waals surface area contributed by atoms with E-state index in [1.807, 2.05) is 0 Å². The highest BCUT2D eigenvalue weighted by molar-refractivity contribution is 7.80. The molecule has 0 saturated carbocycles. The van der Waals surface area contributed by atoms with Crippen LogP contribution < -0.4 is 0 Å². The van der Waals surface area contributed by atoms with E-state index >= 15 is 0 Å². The van der Waals surface area contributed by atoms with E-state index in [9.17, 15) is 18.3 Å². The number of aromatic hydroxyl groups is 1. The standard InChI is InChI=1S/C9H9F3OS/c1-4-5(2)8(9(10,11)12)7(14)3-6(4)13/h3,13-14H,1-2H3. The van der Waals surface area contributed by atoms with E-state index in [-0.39, 0.29) is 21.8 Å². The molecule has 0 aliphatic rings. The zero-order valence-electron chi connectivity index (χ0n) is 7.61. The van der Waals surface area contributed by atoms with Gasteiger partial charge in [0, 0.05) is 4.90 Å². The molecule has 5 heteroatoms. The van der Waals surface area contributed by atoms with Gasteiger partial charge in [-0.25, -0.2) is 0 Å². The lowest BCUT2D eigenvalue weighted by Crippen LogP contribution is -2.09. The molecule has 1 N–H and O–H groups in total. The van der Waals surface area contributed by atoms with E-state index in [0.29, 0.717) is 0 Å². The van der Waals surface area contributed by atoms with Crippen LogP contribution in [0.15, 0.2) is 11.0 Å². The SMILES string of the molecule is Cc1c(O)cc(S)c(C(F)(F)F)c1C. The number of alkyl halides is 3. The van der Waals surface area contributed by atoms with Crippen molar-refractivity contribution in [2.75, 3.05) is 0 Å². The summed E-state index contributed by atoms with van der Waals surface area (Å²) in [6.45, 7) is 2.75. The van der Waals surface area contributed by atoms with Gasteiger partial charge in [0.1, 0.15) is 5.75 Å². The summed E-state index contributed by atoms with van der Waals surface area (Å²) in [4.78, 5) is -0.252. The van der Waals surface area contributed by atoms with Crippen molar-refractivity contribution in [3.8, 4) is 5.75 Å². The predicted molar refractivity (Wildman–Crippen MR) is 49.8 cm³/mol. The number of phenols is 1. The molecule has 0 aliphatic heterocycles. The van der Waals surface area contributed by atoms with Crippen molar-refractivity contribution < 1.29 is 18.3 Å². The Kier molecular flexibility index (Phi) is 2.71. The van der Waals surface area contributed by atoms with Crippen LogP contribution in [0.5, 0.6) is 5.75 Å². The molecule has 0 spiro atoms. The molecule has 78 valence electrons. The quantitative estimate of drug-likeness (QED) is 0.645. The van der Waals surface area contributed by atoms with Gasteiger partial charge in [-0.2, -0.15) is 13.2 Å². The van der Waals surface area contributed by atoms with Gasteiger partial charge in [-0.3, -0.25) is 0 Å². The van der Waals surface area contributed by atoms with E-state index in [1.54, 1.807) is 0 Å². The summed E-state index contributed by atoms with van der Waals surface area (Å²) in [5.74, 6) is -0.166. The molecule has 1 aromatic rings. The van der Waals surface area contributed by atoms with E-state index in [4.69, 9.17) is 0 Å². The molecule has 0 atom stereocenters. The Labute approximate surface area is 85.0 Å². The van der Waals surface area contributed by atoms with Crippen LogP contribution in [0.3, 0.4) is 0 Å². The van der Waals surface area contributed by atoms with Gasteiger partial charge in [0.15, 0.2) is 0 Å². The van der Waals surface area contributed by atoms with Crippen LogP contribution in [0.4, 0.5) is 13.2 Å². The zero-order valence-corrected chi connectivity index (χ0v) is 8.50. The molecule has 0 amide bonds. The largest absolute Gasteiger partial charge is 0.508 e. The molecule has 0 saturated heterocycles. The third-order valence-corrected chi connectivity index (χ3v) is 2.49. The minimum Gasteiger partial charge on any atom is -0.508 e. The van der Waals surface area contributed by atoms with Gasteiger partial charge < -0.3 is 5.11 Å². The van der Waals surface area contributed by atoms with Crippen LogP contribution in [0.25, 0.3) is 0 Å². The highest BCUT2D eigenvalue weighted by Crippen LogP contribution is 2.39. The van der Waals surface area contributed by atoms with Crippen molar-refractivity contribution in [1.29, 1.82) is 0 Å². The maximum absolute atomic E-state index is 12.5. The summed E-state index contributed by atoms with van der Waals surface area (Å²) in [7, 11) is 0. The van der Waals surface area contributed by atoms with Gasteiger partial charge in [-0.05, 0) is 31.0 Å². The number of halogens is 3. The molecule has 0 radical (unpaired) electrons. The molecular weight excluding hydrogens is 213 g/mol. The van der Waals surface area contributed by atoms with Crippen molar-refractivity contribution in [1.82, 2.24) is 0 Å². The van der Waals surface area contributed by atoms with E-state index in [1.165, 1.54) is 13.8 Å². The maximum atomic E-state index is 12.5. The Morgan fingerprint density at radius 3 is 2.14 bits per heavy atom. The summed E-state index contributed by atoms with van der Waals surface area (Å²) in [6, 6.07) is 1.01. The van der Waals surface area contributed by atoms with Crippen LogP contribution in [0.1, 0.15) is 16.7 Å². The monoisotopic (exact) mass is 222 g/mol. The summed E-state index contributed by atoms with van der Waals surface area (Å²) < 4.78 is 37.5. The van der Waals surface area contributed by atoms with Gasteiger partial charge in [0.2, 0.25) is 0 Å². The smallest absolute Gasteiger partial charge is 0.417 e. The first-order valence-corrected chi connectivity index (χ1v) is 4.29. The number of thiol groups is 1. The molecule has 0 aliphatic carbocycles. The Bertz CT molecular complexity index is 371. The fraction of sp³-hybridized carbons (Fsp3) is 0.333. The Balaban J connectivity index is 3.53. The first-order chi connectivity index (χ1) is 6.25. The lowest BCUT2D eigenvalue weighted by Gasteiger charge is -2.15. The topological polar surface area (TPSA) is 20.2 Å². The highest BCUT2D eigenvalue weighted by atomic mass is 32.1. The van der Waals surface area contributed by atoms with Crippen LogP contribution in [0.2, 0.25) is 0 Å². The summed E-state index contributed by atoms with van der Waals surface area (Å²) >= 11 is 3.70. The Morgan fingerprint density at radius 1 is 1.21 bits per heavy atom. The number of hydrogen-bond acceptors (Lipinski definition) is 2. The van der Waals surface area contributed by atoms with Crippen molar-refractivity contribution >= 4 is 12.6 Å². The van der Waals surface area contributed by atoms with E-state index in [0.717, 1.165) is 6.07 Å². The summed E-state index contributed by atoms with van der Waals surface area (Å²) in [5.41, 5.74) is -0.534. The second kappa shape index (κ2) is 3.38. The fourth-order valence-corrected chi connectivity index (χ4v) is 1.66. The third kappa shape index (κ3) is 1.82. The summed E-state index contributed by atoms with van der Waals surface area (Å²) in [5, 5.41) is 9.25. The molecule has 0 aromatic heterocycles. The minimum absolute atomic E-state index is 0.0162. The van der Waals surface area contributed by atoms with E-state index in [2.05, 4.69) is 12.6 Å². The molecule has 0 unspecified atom stereocenters. The molecule has 1 aromatic carbocycles. The molecule has 0 bridgehead atoms. The zero-order chi connectivity index (χ0) is 11.1. The Hall–Kier alpha value is -0.840.